The van der Waals surface area contributed by atoms with Crippen molar-refractivity contribution in [1.82, 2.24) is 5.01 Å². The second-order valence-electron chi connectivity index (χ2n) is 3.89. The predicted octanol–water partition coefficient (Wildman–Crippen LogP) is 1.42. The number of carbonyl (C=O) groups excluding carboxylic acids is 2. The highest BCUT2D eigenvalue weighted by atomic mass is 16.5. The fourth-order valence-electron chi connectivity index (χ4n) is 1.70. The molecule has 1 aliphatic heterocycles. The Morgan fingerprint density at radius 3 is 2.89 bits per heavy atom. The number of benzene rings is 1. The molecule has 1 aliphatic rings. The number of fused-ring (bicyclic) bond motifs is 1. The van der Waals surface area contributed by atoms with Crippen molar-refractivity contribution in [3.8, 4) is 5.75 Å². The maximum atomic E-state index is 12.3. The number of hydrogen-bond acceptors (Lipinski definition) is 5. The Morgan fingerprint density at radius 1 is 1.42 bits per heavy atom. The highest BCUT2D eigenvalue weighted by Crippen LogP contribution is 2.23. The van der Waals surface area contributed by atoms with Gasteiger partial charge in [0.1, 0.15) is 12.3 Å². The van der Waals surface area contributed by atoms with Gasteiger partial charge >= 0.3 is 5.97 Å². The van der Waals surface area contributed by atoms with Crippen molar-refractivity contribution < 1.29 is 19.1 Å². The highest BCUT2D eigenvalue weighted by molar-refractivity contribution is 6.00. The molecular weight excluding hydrogens is 248 g/mol. The Balaban J connectivity index is 2.28. The van der Waals surface area contributed by atoms with Crippen LogP contribution < -0.4 is 4.74 Å². The molecule has 0 atom stereocenters. The van der Waals surface area contributed by atoms with Crippen molar-refractivity contribution in [1.29, 1.82) is 0 Å². The van der Waals surface area contributed by atoms with Crippen molar-refractivity contribution in [2.75, 3.05) is 13.2 Å². The van der Waals surface area contributed by atoms with Gasteiger partial charge in [-0.3, -0.25) is 9.59 Å². The highest BCUT2D eigenvalue weighted by Gasteiger charge is 2.25. The molecule has 19 heavy (non-hydrogen) atoms. The average Bonchev–Trinajstić information content (AvgIpc) is 2.48. The predicted molar refractivity (Wildman–Crippen MR) is 67.8 cm³/mol. The smallest absolute Gasteiger partial charge is 0.327 e. The summed E-state index contributed by atoms with van der Waals surface area (Å²) in [5.74, 6) is -0.171. The largest absolute Gasteiger partial charge is 0.465 e. The van der Waals surface area contributed by atoms with Crippen LogP contribution in [0.4, 0.5) is 0 Å². The number of para-hydroxylation sites is 1. The van der Waals surface area contributed by atoms with Crippen molar-refractivity contribution in [2.24, 2.45) is 5.10 Å². The van der Waals surface area contributed by atoms with E-state index in [4.69, 9.17) is 9.47 Å². The zero-order valence-electron chi connectivity index (χ0n) is 10.8. The molecule has 0 radical (unpaired) electrons. The fraction of sp³-hybridized carbons (Fsp3) is 0.308. The summed E-state index contributed by atoms with van der Waals surface area (Å²) in [7, 11) is 0. The molecule has 6 nitrogen and oxygen atoms in total. The quantitative estimate of drug-likeness (QED) is 0.772. The van der Waals surface area contributed by atoms with E-state index in [1.165, 1.54) is 0 Å². The van der Waals surface area contributed by atoms with Gasteiger partial charge in [-0.1, -0.05) is 12.1 Å². The van der Waals surface area contributed by atoms with Gasteiger partial charge in [0.2, 0.25) is 5.90 Å². The van der Waals surface area contributed by atoms with Gasteiger partial charge in [-0.05, 0) is 19.1 Å². The number of rotatable bonds is 3. The van der Waals surface area contributed by atoms with E-state index >= 15 is 0 Å². The average molecular weight is 262 g/mol. The summed E-state index contributed by atoms with van der Waals surface area (Å²) in [5, 5.41) is 5.03. The molecule has 0 saturated heterocycles. The summed E-state index contributed by atoms with van der Waals surface area (Å²) in [6.45, 7) is 3.35. The van der Waals surface area contributed by atoms with E-state index < -0.39 is 5.97 Å². The van der Waals surface area contributed by atoms with Gasteiger partial charge in [-0.2, -0.15) is 0 Å². The normalized spacial score (nSPS) is 14.1. The standard InChI is InChI=1S/C13H14N2O4/c1-3-18-12(16)8-15-13(17)10-6-4-5-7-11(10)19-9(2)14-15/h4-7H,3,8H2,1-2H3. The summed E-state index contributed by atoms with van der Waals surface area (Å²) >= 11 is 0. The molecule has 100 valence electrons. The van der Waals surface area contributed by atoms with E-state index in [0.717, 1.165) is 5.01 Å². The topological polar surface area (TPSA) is 68.2 Å². The van der Waals surface area contributed by atoms with Crippen LogP contribution in [-0.4, -0.2) is 35.9 Å². The lowest BCUT2D eigenvalue weighted by Crippen LogP contribution is -2.32. The van der Waals surface area contributed by atoms with Crippen LogP contribution in [0.1, 0.15) is 24.2 Å². The fourth-order valence-corrected chi connectivity index (χ4v) is 1.70. The van der Waals surface area contributed by atoms with Crippen LogP contribution in [-0.2, 0) is 9.53 Å². The Labute approximate surface area is 110 Å². The molecule has 2 rings (SSSR count). The molecule has 0 fully saturated rings. The van der Waals surface area contributed by atoms with Crippen LogP contribution in [0.3, 0.4) is 0 Å². The molecule has 0 bridgehead atoms. The first-order valence-electron chi connectivity index (χ1n) is 5.91. The maximum absolute atomic E-state index is 12.3. The van der Waals surface area contributed by atoms with Crippen molar-refractivity contribution in [3.05, 3.63) is 29.8 Å². The van der Waals surface area contributed by atoms with E-state index in [-0.39, 0.29) is 19.1 Å². The number of nitrogens with zero attached hydrogens (tertiary/aromatic N) is 2. The molecule has 6 heteroatoms. The van der Waals surface area contributed by atoms with Crippen LogP contribution in [0, 0.1) is 0 Å². The third-order valence-corrected chi connectivity index (χ3v) is 2.46. The third-order valence-electron chi connectivity index (χ3n) is 2.46. The van der Waals surface area contributed by atoms with Gasteiger partial charge in [0, 0.05) is 6.92 Å². The molecule has 1 amide bonds. The van der Waals surface area contributed by atoms with Crippen LogP contribution in [0.2, 0.25) is 0 Å². The van der Waals surface area contributed by atoms with Gasteiger partial charge in [-0.25, -0.2) is 5.01 Å². The summed E-state index contributed by atoms with van der Waals surface area (Å²) in [6, 6.07) is 6.80. The minimum atomic E-state index is -0.508. The molecule has 0 spiro atoms. The van der Waals surface area contributed by atoms with Crippen molar-refractivity contribution in [2.45, 2.75) is 13.8 Å². The monoisotopic (exact) mass is 262 g/mol. The Morgan fingerprint density at radius 2 is 2.16 bits per heavy atom. The number of ether oxygens (including phenoxy) is 2. The summed E-state index contributed by atoms with van der Waals surface area (Å²) < 4.78 is 10.2. The lowest BCUT2D eigenvalue weighted by Gasteiger charge is -2.14. The Kier molecular flexibility index (Phi) is 3.79. The number of amides is 1. The maximum Gasteiger partial charge on any atom is 0.327 e. The van der Waals surface area contributed by atoms with Crippen LogP contribution in [0.5, 0.6) is 5.75 Å². The molecular formula is C13H14N2O4. The zero-order valence-corrected chi connectivity index (χ0v) is 10.8. The van der Waals surface area contributed by atoms with Crippen LogP contribution in [0.15, 0.2) is 29.4 Å². The molecule has 1 aromatic rings. The van der Waals surface area contributed by atoms with E-state index in [1.807, 2.05) is 0 Å². The van der Waals surface area contributed by atoms with Gasteiger partial charge < -0.3 is 9.47 Å². The minimum Gasteiger partial charge on any atom is -0.465 e. The minimum absolute atomic E-state index is 0.234. The van der Waals surface area contributed by atoms with Gasteiger partial charge in [0.05, 0.1) is 12.2 Å². The Hall–Kier alpha value is -2.37. The second-order valence-corrected chi connectivity index (χ2v) is 3.89. The van der Waals surface area contributed by atoms with Crippen LogP contribution >= 0.6 is 0 Å². The van der Waals surface area contributed by atoms with Crippen LogP contribution in [0.25, 0.3) is 0 Å². The second kappa shape index (κ2) is 5.51. The summed E-state index contributed by atoms with van der Waals surface area (Å²) in [4.78, 5) is 23.7. The van der Waals surface area contributed by atoms with Gasteiger partial charge in [0.25, 0.3) is 5.91 Å². The molecule has 0 unspecified atom stereocenters. The lowest BCUT2D eigenvalue weighted by molar-refractivity contribution is -0.143. The summed E-state index contributed by atoms with van der Waals surface area (Å²) in [6.07, 6.45) is 0. The number of hydrogen-bond donors (Lipinski definition) is 0. The molecule has 0 aromatic heterocycles. The first-order chi connectivity index (χ1) is 9.11. The number of esters is 1. The van der Waals surface area contributed by atoms with E-state index in [0.29, 0.717) is 17.2 Å². The number of carbonyl (C=O) groups is 2. The lowest BCUT2D eigenvalue weighted by atomic mass is 10.2. The van der Waals surface area contributed by atoms with E-state index in [2.05, 4.69) is 5.10 Å². The first-order valence-corrected chi connectivity index (χ1v) is 5.91. The van der Waals surface area contributed by atoms with Gasteiger partial charge in [-0.15, -0.1) is 5.10 Å². The van der Waals surface area contributed by atoms with Crippen molar-refractivity contribution in [3.63, 3.8) is 0 Å². The molecule has 1 aromatic carbocycles. The van der Waals surface area contributed by atoms with E-state index in [1.54, 1.807) is 38.1 Å². The number of hydrazone groups is 1. The van der Waals surface area contributed by atoms with Gasteiger partial charge in [0.15, 0.2) is 0 Å². The molecule has 0 aliphatic carbocycles. The molecule has 1 heterocycles. The van der Waals surface area contributed by atoms with E-state index in [9.17, 15) is 9.59 Å². The third kappa shape index (κ3) is 2.90. The zero-order chi connectivity index (χ0) is 13.8. The van der Waals surface area contributed by atoms with Crippen molar-refractivity contribution >= 4 is 17.8 Å². The molecule has 0 N–H and O–H groups in total. The summed E-state index contributed by atoms with van der Waals surface area (Å²) in [5.41, 5.74) is 0.368. The SMILES string of the molecule is CCOC(=O)CN1N=C(C)Oc2ccccc2C1=O. The Bertz CT molecular complexity index is 539. The molecule has 0 saturated carbocycles. The first kappa shape index (κ1) is 13.1.